The van der Waals surface area contributed by atoms with Gasteiger partial charge in [0, 0.05) is 26.7 Å². The van der Waals surface area contributed by atoms with Crippen molar-refractivity contribution < 1.29 is 13.2 Å². The number of nitrogens with zero attached hydrogens (tertiary/aromatic N) is 1. The Morgan fingerprint density at radius 2 is 1.88 bits per heavy atom. The molecule has 1 aromatic carbocycles. The topological polar surface area (TPSA) is 66.5 Å². The molecule has 0 aliphatic heterocycles. The van der Waals surface area contributed by atoms with Crippen molar-refractivity contribution >= 4 is 21.6 Å². The molecule has 1 N–H and O–H groups in total. The number of rotatable bonds is 3. The molecule has 17 heavy (non-hydrogen) atoms. The summed E-state index contributed by atoms with van der Waals surface area (Å²) in [6.07, 6.45) is 0. The second-order valence-corrected chi connectivity index (χ2v) is 6.10. The Balaban J connectivity index is 3.26. The van der Waals surface area contributed by atoms with Crippen LogP contribution in [-0.2, 0) is 14.8 Å². The van der Waals surface area contributed by atoms with Gasteiger partial charge in [0.2, 0.25) is 15.9 Å². The van der Waals surface area contributed by atoms with E-state index in [0.717, 1.165) is 9.87 Å². The van der Waals surface area contributed by atoms with Gasteiger partial charge in [0.1, 0.15) is 0 Å². The maximum Gasteiger partial charge on any atom is 0.242 e. The summed E-state index contributed by atoms with van der Waals surface area (Å²) in [4.78, 5) is 11.2. The Morgan fingerprint density at radius 3 is 2.35 bits per heavy atom. The SMILES string of the molecule is CC(=O)Nc1cc(S(=O)(=O)N(C)C)ccc1C. The zero-order chi connectivity index (χ0) is 13.2. The van der Waals surface area contributed by atoms with Gasteiger partial charge in [-0.2, -0.15) is 0 Å². The Kier molecular flexibility index (Phi) is 3.90. The highest BCUT2D eigenvalue weighted by Crippen LogP contribution is 2.21. The van der Waals surface area contributed by atoms with Crippen molar-refractivity contribution in [1.29, 1.82) is 0 Å². The van der Waals surface area contributed by atoms with Crippen LogP contribution in [0.15, 0.2) is 23.1 Å². The summed E-state index contributed by atoms with van der Waals surface area (Å²) >= 11 is 0. The number of benzene rings is 1. The molecule has 0 radical (unpaired) electrons. The number of carbonyl (C=O) groups excluding carboxylic acids is 1. The first-order valence-electron chi connectivity index (χ1n) is 5.06. The highest BCUT2D eigenvalue weighted by Gasteiger charge is 2.18. The van der Waals surface area contributed by atoms with E-state index >= 15 is 0 Å². The molecule has 0 spiro atoms. The van der Waals surface area contributed by atoms with Crippen LogP contribution in [0.4, 0.5) is 5.69 Å². The van der Waals surface area contributed by atoms with E-state index in [4.69, 9.17) is 0 Å². The summed E-state index contributed by atoms with van der Waals surface area (Å²) in [6.45, 7) is 3.18. The fourth-order valence-corrected chi connectivity index (χ4v) is 2.23. The second kappa shape index (κ2) is 4.85. The first-order chi connectivity index (χ1) is 7.75. The van der Waals surface area contributed by atoms with E-state index in [1.165, 1.54) is 33.2 Å². The third-order valence-corrected chi connectivity index (χ3v) is 4.11. The molecule has 0 aliphatic rings. The molecule has 5 nitrogen and oxygen atoms in total. The van der Waals surface area contributed by atoms with E-state index in [1.54, 1.807) is 13.0 Å². The molecule has 94 valence electrons. The molecule has 0 atom stereocenters. The van der Waals surface area contributed by atoms with Gasteiger partial charge in [-0.15, -0.1) is 0 Å². The number of nitrogens with one attached hydrogen (secondary N) is 1. The molecule has 0 saturated heterocycles. The van der Waals surface area contributed by atoms with Crippen LogP contribution < -0.4 is 5.32 Å². The largest absolute Gasteiger partial charge is 0.326 e. The summed E-state index contributed by atoms with van der Waals surface area (Å²) in [5.41, 5.74) is 1.33. The quantitative estimate of drug-likeness (QED) is 0.883. The van der Waals surface area contributed by atoms with Crippen LogP contribution in [0.1, 0.15) is 12.5 Å². The van der Waals surface area contributed by atoms with Crippen molar-refractivity contribution in [3.8, 4) is 0 Å². The zero-order valence-electron chi connectivity index (χ0n) is 10.3. The van der Waals surface area contributed by atoms with Gasteiger partial charge < -0.3 is 5.32 Å². The number of hydrogen-bond acceptors (Lipinski definition) is 3. The van der Waals surface area contributed by atoms with Gasteiger partial charge in [-0.1, -0.05) is 6.07 Å². The Hall–Kier alpha value is -1.40. The number of carbonyl (C=O) groups is 1. The molecule has 0 saturated carbocycles. The predicted molar refractivity (Wildman–Crippen MR) is 66.4 cm³/mol. The Morgan fingerprint density at radius 1 is 1.29 bits per heavy atom. The first kappa shape index (κ1) is 13.7. The number of aryl methyl sites for hydroxylation is 1. The Bertz CT molecular complexity index is 536. The average molecular weight is 256 g/mol. The smallest absolute Gasteiger partial charge is 0.242 e. The molecular formula is C11H16N2O3S. The van der Waals surface area contributed by atoms with Gasteiger partial charge in [-0.3, -0.25) is 4.79 Å². The standard InChI is InChI=1S/C11H16N2O3S/c1-8-5-6-10(17(15,16)13(3)4)7-11(8)12-9(2)14/h5-7H,1-4H3,(H,12,14). The van der Waals surface area contributed by atoms with Crippen molar-refractivity contribution in [1.82, 2.24) is 4.31 Å². The van der Waals surface area contributed by atoms with Gasteiger partial charge in [0.25, 0.3) is 0 Å². The van der Waals surface area contributed by atoms with Crippen LogP contribution in [0.25, 0.3) is 0 Å². The van der Waals surface area contributed by atoms with Crippen molar-refractivity contribution in [2.24, 2.45) is 0 Å². The van der Waals surface area contributed by atoms with E-state index < -0.39 is 10.0 Å². The molecule has 0 bridgehead atoms. The maximum atomic E-state index is 11.9. The Labute approximate surface area is 101 Å². The fraction of sp³-hybridized carbons (Fsp3) is 0.364. The minimum Gasteiger partial charge on any atom is -0.326 e. The maximum absolute atomic E-state index is 11.9. The average Bonchev–Trinajstić information content (AvgIpc) is 2.20. The predicted octanol–water partition coefficient (Wildman–Crippen LogP) is 1.20. The van der Waals surface area contributed by atoms with E-state index in [2.05, 4.69) is 5.32 Å². The van der Waals surface area contributed by atoms with Gasteiger partial charge in [0.05, 0.1) is 4.90 Å². The van der Waals surface area contributed by atoms with Crippen molar-refractivity contribution in [2.45, 2.75) is 18.7 Å². The number of amides is 1. The number of anilines is 1. The summed E-state index contributed by atoms with van der Waals surface area (Å²) < 4.78 is 24.9. The van der Waals surface area contributed by atoms with Gasteiger partial charge in [-0.05, 0) is 24.6 Å². The van der Waals surface area contributed by atoms with Crippen molar-refractivity contribution in [2.75, 3.05) is 19.4 Å². The van der Waals surface area contributed by atoms with E-state index in [9.17, 15) is 13.2 Å². The highest BCUT2D eigenvalue weighted by atomic mass is 32.2. The van der Waals surface area contributed by atoms with Gasteiger partial charge in [0.15, 0.2) is 0 Å². The fourth-order valence-electron chi connectivity index (χ4n) is 1.30. The molecule has 0 aliphatic carbocycles. The van der Waals surface area contributed by atoms with Crippen LogP contribution in [0.5, 0.6) is 0 Å². The molecular weight excluding hydrogens is 240 g/mol. The molecule has 6 heteroatoms. The van der Waals surface area contributed by atoms with E-state index in [0.29, 0.717) is 5.69 Å². The lowest BCUT2D eigenvalue weighted by atomic mass is 10.2. The molecule has 0 heterocycles. The normalized spacial score (nSPS) is 11.6. The van der Waals surface area contributed by atoms with Crippen LogP contribution in [0, 0.1) is 6.92 Å². The van der Waals surface area contributed by atoms with Crippen LogP contribution in [0.3, 0.4) is 0 Å². The van der Waals surface area contributed by atoms with E-state index in [-0.39, 0.29) is 10.8 Å². The molecule has 1 aromatic rings. The lowest BCUT2D eigenvalue weighted by molar-refractivity contribution is -0.114. The lowest BCUT2D eigenvalue weighted by Gasteiger charge is -2.13. The van der Waals surface area contributed by atoms with Gasteiger partial charge in [-0.25, -0.2) is 12.7 Å². The molecule has 0 unspecified atom stereocenters. The third kappa shape index (κ3) is 3.04. The van der Waals surface area contributed by atoms with Crippen LogP contribution in [0.2, 0.25) is 0 Å². The first-order valence-corrected chi connectivity index (χ1v) is 6.50. The van der Waals surface area contributed by atoms with Crippen LogP contribution in [-0.4, -0.2) is 32.7 Å². The summed E-state index contributed by atoms with van der Waals surface area (Å²) in [7, 11) is -0.539. The van der Waals surface area contributed by atoms with Crippen molar-refractivity contribution in [3.05, 3.63) is 23.8 Å². The molecule has 1 amide bonds. The minimum absolute atomic E-state index is 0.164. The molecule has 1 rings (SSSR count). The molecule has 0 aromatic heterocycles. The van der Waals surface area contributed by atoms with Crippen molar-refractivity contribution in [3.63, 3.8) is 0 Å². The minimum atomic E-state index is -3.47. The highest BCUT2D eigenvalue weighted by molar-refractivity contribution is 7.89. The zero-order valence-corrected chi connectivity index (χ0v) is 11.1. The summed E-state index contributed by atoms with van der Waals surface area (Å²) in [6, 6.07) is 4.66. The summed E-state index contributed by atoms with van der Waals surface area (Å²) in [5, 5.41) is 2.60. The van der Waals surface area contributed by atoms with E-state index in [1.807, 2.05) is 0 Å². The number of sulfonamides is 1. The third-order valence-electron chi connectivity index (χ3n) is 2.30. The van der Waals surface area contributed by atoms with Gasteiger partial charge >= 0.3 is 0 Å². The second-order valence-electron chi connectivity index (χ2n) is 3.95. The van der Waals surface area contributed by atoms with Crippen LogP contribution >= 0.6 is 0 Å². The number of hydrogen-bond donors (Lipinski definition) is 1. The lowest BCUT2D eigenvalue weighted by Crippen LogP contribution is -2.22. The monoisotopic (exact) mass is 256 g/mol. The molecule has 0 fully saturated rings. The summed E-state index contributed by atoms with van der Waals surface area (Å²) in [5.74, 6) is -0.229.